The molecule has 0 saturated carbocycles. The summed E-state index contributed by atoms with van der Waals surface area (Å²) in [5.74, 6) is 1.86. The van der Waals surface area contributed by atoms with Gasteiger partial charge in [-0.3, -0.25) is 10.1 Å². The molecule has 2 aromatic rings. The van der Waals surface area contributed by atoms with Gasteiger partial charge < -0.3 is 20.1 Å². The van der Waals surface area contributed by atoms with E-state index < -0.39 is 0 Å². The highest BCUT2D eigenvalue weighted by atomic mass is 127. The molecular formula is C23H31IN4O4. The van der Waals surface area contributed by atoms with Crippen LogP contribution in [0.3, 0.4) is 0 Å². The smallest absolute Gasteiger partial charge is 0.274 e. The average molecular weight is 554 g/mol. The first-order valence-corrected chi connectivity index (χ1v) is 10.6. The maximum absolute atomic E-state index is 11.2. The number of para-hydroxylation sites is 1. The molecule has 2 aromatic carbocycles. The summed E-state index contributed by atoms with van der Waals surface area (Å²) in [6, 6.07) is 12.8. The maximum Gasteiger partial charge on any atom is 0.274 e. The Balaban J connectivity index is 0.00000363. The largest absolute Gasteiger partial charge is 0.493 e. The lowest BCUT2D eigenvalue weighted by Crippen LogP contribution is -2.36. The van der Waals surface area contributed by atoms with Crippen LogP contribution in [0.15, 0.2) is 47.5 Å². The van der Waals surface area contributed by atoms with Gasteiger partial charge in [0.05, 0.1) is 24.7 Å². The van der Waals surface area contributed by atoms with Crippen LogP contribution in [0.25, 0.3) is 0 Å². The molecule has 1 atom stereocenters. The Labute approximate surface area is 206 Å². The number of hydrogen-bond acceptors (Lipinski definition) is 5. The van der Waals surface area contributed by atoms with Crippen molar-refractivity contribution < 1.29 is 14.4 Å². The van der Waals surface area contributed by atoms with Crippen LogP contribution >= 0.6 is 24.0 Å². The second-order valence-electron chi connectivity index (χ2n) is 7.59. The molecule has 3 rings (SSSR count). The number of guanidine groups is 1. The first kappa shape index (κ1) is 25.9. The molecule has 1 fully saturated rings. The summed E-state index contributed by atoms with van der Waals surface area (Å²) < 4.78 is 11.5. The molecule has 9 heteroatoms. The van der Waals surface area contributed by atoms with Gasteiger partial charge in [0.25, 0.3) is 5.69 Å². The van der Waals surface area contributed by atoms with E-state index >= 15 is 0 Å². The van der Waals surface area contributed by atoms with Gasteiger partial charge in [0.2, 0.25) is 0 Å². The number of nitrogens with zero attached hydrogens (tertiary/aromatic N) is 2. The average Bonchev–Trinajstić information content (AvgIpc) is 3.29. The predicted octanol–water partition coefficient (Wildman–Crippen LogP) is 4.19. The van der Waals surface area contributed by atoms with Crippen LogP contribution in [0.4, 0.5) is 5.69 Å². The van der Waals surface area contributed by atoms with Crippen molar-refractivity contribution in [2.75, 3.05) is 26.4 Å². The lowest BCUT2D eigenvalue weighted by atomic mass is 10.1. The number of aryl methyl sites for hydroxylation is 1. The Bertz CT molecular complexity index is 917. The Hall–Kier alpha value is -2.40. The second-order valence-corrected chi connectivity index (χ2v) is 7.59. The van der Waals surface area contributed by atoms with Crippen molar-refractivity contribution in [3.05, 3.63) is 69.3 Å². The molecule has 0 spiro atoms. The van der Waals surface area contributed by atoms with Crippen molar-refractivity contribution in [2.45, 2.75) is 33.4 Å². The molecule has 0 radical (unpaired) electrons. The Morgan fingerprint density at radius 3 is 2.78 bits per heavy atom. The first-order chi connectivity index (χ1) is 15.1. The second kappa shape index (κ2) is 13.2. The molecule has 1 heterocycles. The van der Waals surface area contributed by atoms with Gasteiger partial charge in [-0.25, -0.2) is 4.99 Å². The van der Waals surface area contributed by atoms with Gasteiger partial charge in [-0.15, -0.1) is 24.0 Å². The minimum atomic E-state index is -0.369. The van der Waals surface area contributed by atoms with Crippen molar-refractivity contribution in [1.82, 2.24) is 10.6 Å². The summed E-state index contributed by atoms with van der Waals surface area (Å²) in [6.07, 6.45) is 1.03. The normalized spacial score (nSPS) is 15.7. The zero-order valence-electron chi connectivity index (χ0n) is 18.5. The molecule has 1 aliphatic rings. The number of aliphatic imine (C=N–C) groups is 1. The molecule has 0 bridgehead atoms. The molecule has 32 heavy (non-hydrogen) atoms. The van der Waals surface area contributed by atoms with E-state index in [-0.39, 0.29) is 34.6 Å². The summed E-state index contributed by atoms with van der Waals surface area (Å²) in [6.45, 7) is 7.63. The summed E-state index contributed by atoms with van der Waals surface area (Å²) in [4.78, 5) is 15.5. The summed E-state index contributed by atoms with van der Waals surface area (Å²) in [5.41, 5.74) is 2.83. The zero-order chi connectivity index (χ0) is 22.1. The van der Waals surface area contributed by atoms with Gasteiger partial charge in [0, 0.05) is 42.8 Å². The van der Waals surface area contributed by atoms with Gasteiger partial charge >= 0.3 is 0 Å². The Kier molecular flexibility index (Phi) is 10.7. The number of hydrogen-bond donors (Lipinski definition) is 2. The number of nitro groups is 1. The van der Waals surface area contributed by atoms with Crippen molar-refractivity contribution in [2.24, 2.45) is 10.9 Å². The number of nitrogens with one attached hydrogen (secondary N) is 2. The summed E-state index contributed by atoms with van der Waals surface area (Å²) in [7, 11) is 0. The van der Waals surface area contributed by atoms with Crippen molar-refractivity contribution >= 4 is 35.6 Å². The fourth-order valence-corrected chi connectivity index (χ4v) is 3.37. The summed E-state index contributed by atoms with van der Waals surface area (Å²) in [5, 5.41) is 17.6. The Morgan fingerprint density at radius 1 is 1.25 bits per heavy atom. The SMILES string of the molecule is CCNC(=NCc1ccc(C)cc1OCC1CCOC1)NCc1ccccc1[N+](=O)[O-].I. The van der Waals surface area contributed by atoms with E-state index in [2.05, 4.69) is 15.6 Å². The van der Waals surface area contributed by atoms with Crippen molar-refractivity contribution in [3.63, 3.8) is 0 Å². The van der Waals surface area contributed by atoms with E-state index in [0.717, 1.165) is 36.5 Å². The minimum absolute atomic E-state index is 0. The standard InChI is InChI=1S/C23H30N4O4.HI/c1-3-24-23(25-13-19-6-4-5-7-21(19)27(28)29)26-14-20-9-8-17(2)12-22(20)31-16-18-10-11-30-15-18;/h4-9,12,18H,3,10-11,13-16H2,1-2H3,(H2,24,25,26);1H. The number of nitro benzene ring substituents is 1. The molecule has 1 unspecified atom stereocenters. The minimum Gasteiger partial charge on any atom is -0.493 e. The first-order valence-electron chi connectivity index (χ1n) is 10.6. The van der Waals surface area contributed by atoms with E-state index in [1.807, 2.05) is 32.0 Å². The van der Waals surface area contributed by atoms with E-state index in [0.29, 0.717) is 43.7 Å². The van der Waals surface area contributed by atoms with Gasteiger partial charge in [-0.2, -0.15) is 0 Å². The lowest BCUT2D eigenvalue weighted by molar-refractivity contribution is -0.385. The highest BCUT2D eigenvalue weighted by molar-refractivity contribution is 14.0. The van der Waals surface area contributed by atoms with Crippen LogP contribution in [0.2, 0.25) is 0 Å². The van der Waals surface area contributed by atoms with Crippen LogP contribution in [-0.4, -0.2) is 37.2 Å². The van der Waals surface area contributed by atoms with Crippen LogP contribution in [0.1, 0.15) is 30.0 Å². The van der Waals surface area contributed by atoms with Crippen LogP contribution < -0.4 is 15.4 Å². The summed E-state index contributed by atoms with van der Waals surface area (Å²) >= 11 is 0. The van der Waals surface area contributed by atoms with Crippen molar-refractivity contribution in [3.8, 4) is 5.75 Å². The third kappa shape index (κ3) is 7.63. The molecule has 0 aromatic heterocycles. The van der Waals surface area contributed by atoms with Gasteiger partial charge in [-0.05, 0) is 31.9 Å². The quantitative estimate of drug-likeness (QED) is 0.159. The number of benzene rings is 2. The molecule has 2 N–H and O–H groups in total. The molecule has 174 valence electrons. The van der Waals surface area contributed by atoms with Gasteiger partial charge in [-0.1, -0.05) is 30.3 Å². The Morgan fingerprint density at radius 2 is 2.06 bits per heavy atom. The monoisotopic (exact) mass is 554 g/mol. The van der Waals surface area contributed by atoms with Crippen LogP contribution in [0, 0.1) is 23.0 Å². The molecule has 8 nitrogen and oxygen atoms in total. The predicted molar refractivity (Wildman–Crippen MR) is 136 cm³/mol. The van der Waals surface area contributed by atoms with E-state index in [1.165, 1.54) is 6.07 Å². The highest BCUT2D eigenvalue weighted by Crippen LogP contribution is 2.23. The molecule has 0 aliphatic carbocycles. The molecular weight excluding hydrogens is 523 g/mol. The molecule has 1 saturated heterocycles. The van der Waals surface area contributed by atoms with Crippen molar-refractivity contribution in [1.29, 1.82) is 0 Å². The number of halogens is 1. The van der Waals surface area contributed by atoms with E-state index in [4.69, 9.17) is 9.47 Å². The maximum atomic E-state index is 11.2. The number of rotatable bonds is 9. The van der Waals surface area contributed by atoms with Gasteiger partial charge in [0.15, 0.2) is 5.96 Å². The molecule has 1 aliphatic heterocycles. The fourth-order valence-electron chi connectivity index (χ4n) is 3.37. The van der Waals surface area contributed by atoms with E-state index in [9.17, 15) is 10.1 Å². The third-order valence-electron chi connectivity index (χ3n) is 5.11. The van der Waals surface area contributed by atoms with Crippen LogP contribution in [0.5, 0.6) is 5.75 Å². The van der Waals surface area contributed by atoms with Crippen LogP contribution in [-0.2, 0) is 17.8 Å². The van der Waals surface area contributed by atoms with E-state index in [1.54, 1.807) is 18.2 Å². The molecule has 0 amide bonds. The third-order valence-corrected chi connectivity index (χ3v) is 5.11. The zero-order valence-corrected chi connectivity index (χ0v) is 20.8. The highest BCUT2D eigenvalue weighted by Gasteiger charge is 2.17. The van der Waals surface area contributed by atoms with Gasteiger partial charge in [0.1, 0.15) is 5.75 Å². The fraction of sp³-hybridized carbons (Fsp3) is 0.435. The number of ether oxygens (including phenoxy) is 2. The lowest BCUT2D eigenvalue weighted by Gasteiger charge is -2.15. The topological polar surface area (TPSA) is 98.0 Å².